The van der Waals surface area contributed by atoms with Crippen molar-refractivity contribution in [2.24, 2.45) is 0 Å². The van der Waals surface area contributed by atoms with Crippen LogP contribution in [0.5, 0.6) is 0 Å². The Kier molecular flexibility index (Phi) is 6.04. The number of benzene rings is 1. The molecule has 1 N–H and O–H groups in total. The van der Waals surface area contributed by atoms with E-state index in [1.807, 2.05) is 13.0 Å². The van der Waals surface area contributed by atoms with Crippen LogP contribution < -0.4 is 0 Å². The average molecular weight is 418 g/mol. The minimum absolute atomic E-state index is 0.0766. The molecule has 0 unspecified atom stereocenters. The Balaban J connectivity index is 1.97. The quantitative estimate of drug-likeness (QED) is 0.270. The number of allylic oxidation sites excluding steroid dienone is 4. The molecule has 4 heteroatoms. The zero-order chi connectivity index (χ0) is 23.0. The molecule has 0 atom stereocenters. The van der Waals surface area contributed by atoms with Crippen LogP contribution in [0.25, 0.3) is 5.57 Å². The predicted octanol–water partition coefficient (Wildman–Crippen LogP) is 6.01. The van der Waals surface area contributed by atoms with Gasteiger partial charge in [-0.1, -0.05) is 52.0 Å². The second kappa shape index (κ2) is 8.26. The highest BCUT2D eigenvalue weighted by Gasteiger charge is 2.34. The van der Waals surface area contributed by atoms with Gasteiger partial charge in [0.25, 0.3) is 0 Å². The molecular formula is C27H31NO3. The Morgan fingerprint density at radius 2 is 1.68 bits per heavy atom. The maximum atomic E-state index is 13.3. The molecule has 0 spiro atoms. The molecule has 162 valence electrons. The van der Waals surface area contributed by atoms with Gasteiger partial charge in [-0.15, -0.1) is 0 Å². The first kappa shape index (κ1) is 22.7. The van der Waals surface area contributed by atoms with Gasteiger partial charge in [-0.2, -0.15) is 0 Å². The number of pyridine rings is 1. The molecule has 0 radical (unpaired) electrons. The Bertz CT molecular complexity index is 1090. The molecular weight excluding hydrogens is 386 g/mol. The first-order chi connectivity index (χ1) is 14.5. The Morgan fingerprint density at radius 3 is 2.23 bits per heavy atom. The summed E-state index contributed by atoms with van der Waals surface area (Å²) in [5.41, 5.74) is 5.57. The number of nitrogens with zero attached hydrogens (tertiary/aromatic N) is 1. The van der Waals surface area contributed by atoms with Gasteiger partial charge >= 0.3 is 0 Å². The van der Waals surface area contributed by atoms with Gasteiger partial charge in [-0.05, 0) is 53.8 Å². The second-order valence-electron chi connectivity index (χ2n) is 9.53. The van der Waals surface area contributed by atoms with Crippen molar-refractivity contribution in [1.29, 1.82) is 0 Å². The van der Waals surface area contributed by atoms with E-state index < -0.39 is 0 Å². The van der Waals surface area contributed by atoms with Crippen molar-refractivity contribution in [3.63, 3.8) is 0 Å². The summed E-state index contributed by atoms with van der Waals surface area (Å²) in [4.78, 5) is 28.2. The summed E-state index contributed by atoms with van der Waals surface area (Å²) in [6, 6.07) is 7.66. The van der Waals surface area contributed by atoms with E-state index in [4.69, 9.17) is 0 Å². The van der Waals surface area contributed by atoms with E-state index in [0.29, 0.717) is 23.3 Å². The SMILES string of the molecule is C/C(=C(/O)CCC=O)c1ccc(C(=O)c2cc3c(cc2C)C(C)(C)C=CC3(C)C)nc1. The van der Waals surface area contributed by atoms with Crippen molar-refractivity contribution in [1.82, 2.24) is 4.98 Å². The normalized spacial score (nSPS) is 17.0. The minimum Gasteiger partial charge on any atom is -0.512 e. The van der Waals surface area contributed by atoms with Crippen molar-refractivity contribution >= 4 is 17.6 Å². The summed E-state index contributed by atoms with van der Waals surface area (Å²) in [5, 5.41) is 10.1. The molecule has 31 heavy (non-hydrogen) atoms. The van der Waals surface area contributed by atoms with Crippen LogP contribution in [0.4, 0.5) is 0 Å². The molecule has 0 saturated carbocycles. The number of carbonyl (C=O) groups is 2. The van der Waals surface area contributed by atoms with Crippen LogP contribution in [0.2, 0.25) is 0 Å². The van der Waals surface area contributed by atoms with Gasteiger partial charge in [-0.3, -0.25) is 9.78 Å². The van der Waals surface area contributed by atoms with E-state index in [0.717, 1.165) is 17.4 Å². The Hall–Kier alpha value is -3.01. The van der Waals surface area contributed by atoms with Gasteiger partial charge in [0.05, 0.1) is 5.76 Å². The molecule has 1 aliphatic carbocycles. The van der Waals surface area contributed by atoms with Gasteiger partial charge < -0.3 is 9.90 Å². The van der Waals surface area contributed by atoms with Gasteiger partial charge in [0.15, 0.2) is 0 Å². The highest BCUT2D eigenvalue weighted by atomic mass is 16.3. The summed E-state index contributed by atoms with van der Waals surface area (Å²) in [6.45, 7) is 12.5. The lowest BCUT2D eigenvalue weighted by Gasteiger charge is -2.37. The van der Waals surface area contributed by atoms with Gasteiger partial charge in [-0.25, -0.2) is 0 Å². The molecule has 0 fully saturated rings. The predicted molar refractivity (Wildman–Crippen MR) is 125 cm³/mol. The fraction of sp³-hybridized carbons (Fsp3) is 0.370. The third kappa shape index (κ3) is 4.39. The second-order valence-corrected chi connectivity index (χ2v) is 9.53. The van der Waals surface area contributed by atoms with Crippen LogP contribution in [0.15, 0.2) is 48.4 Å². The number of fused-ring (bicyclic) bond motifs is 1. The first-order valence-corrected chi connectivity index (χ1v) is 10.7. The van der Waals surface area contributed by atoms with E-state index >= 15 is 0 Å². The smallest absolute Gasteiger partial charge is 0.211 e. The average Bonchev–Trinajstić information content (AvgIpc) is 2.74. The van der Waals surface area contributed by atoms with Crippen molar-refractivity contribution in [2.75, 3.05) is 0 Å². The van der Waals surface area contributed by atoms with Crippen molar-refractivity contribution in [3.8, 4) is 0 Å². The fourth-order valence-corrected chi connectivity index (χ4v) is 4.05. The lowest BCUT2D eigenvalue weighted by atomic mass is 9.67. The topological polar surface area (TPSA) is 67.3 Å². The summed E-state index contributed by atoms with van der Waals surface area (Å²) in [5.74, 6) is 0.0539. The summed E-state index contributed by atoms with van der Waals surface area (Å²) in [6.07, 6.45) is 7.42. The molecule has 2 aromatic rings. The van der Waals surface area contributed by atoms with E-state index in [2.05, 4.69) is 50.9 Å². The number of aromatic nitrogens is 1. The molecule has 1 heterocycles. The number of rotatable bonds is 6. The first-order valence-electron chi connectivity index (χ1n) is 10.7. The van der Waals surface area contributed by atoms with Crippen LogP contribution in [-0.4, -0.2) is 22.2 Å². The number of ketones is 1. The standard InChI is InChI=1S/C27H31NO3/c1-17-14-21-22(27(5,6)12-11-26(21,3)4)15-20(17)25(31)23-10-9-19(16-28-23)18(2)24(30)8-7-13-29/h9-16,30H,7-8H2,1-6H3/b24-18-. The monoisotopic (exact) mass is 417 g/mol. The van der Waals surface area contributed by atoms with E-state index in [1.165, 1.54) is 11.1 Å². The molecule has 0 aliphatic heterocycles. The zero-order valence-corrected chi connectivity index (χ0v) is 19.2. The van der Waals surface area contributed by atoms with Gasteiger partial charge in [0.1, 0.15) is 12.0 Å². The molecule has 0 saturated heterocycles. The Morgan fingerprint density at radius 1 is 1.06 bits per heavy atom. The summed E-state index contributed by atoms with van der Waals surface area (Å²) in [7, 11) is 0. The van der Waals surface area contributed by atoms with Crippen LogP contribution >= 0.6 is 0 Å². The highest BCUT2D eigenvalue weighted by Crippen LogP contribution is 2.42. The number of aldehydes is 1. The largest absolute Gasteiger partial charge is 0.512 e. The number of hydrogen-bond donors (Lipinski definition) is 1. The number of hydrogen-bond acceptors (Lipinski definition) is 4. The number of aliphatic hydroxyl groups excluding tert-OH is 1. The summed E-state index contributed by atoms with van der Waals surface area (Å²) < 4.78 is 0. The third-order valence-electron chi connectivity index (χ3n) is 6.28. The molecule has 1 aromatic heterocycles. The van der Waals surface area contributed by atoms with E-state index in [1.54, 1.807) is 25.3 Å². The lowest BCUT2D eigenvalue weighted by molar-refractivity contribution is -0.107. The number of carbonyl (C=O) groups excluding carboxylic acids is 2. The zero-order valence-electron chi connectivity index (χ0n) is 19.2. The van der Waals surface area contributed by atoms with E-state index in [-0.39, 0.29) is 28.8 Å². The van der Waals surface area contributed by atoms with Crippen LogP contribution in [-0.2, 0) is 15.6 Å². The van der Waals surface area contributed by atoms with Crippen LogP contribution in [0.1, 0.15) is 85.8 Å². The van der Waals surface area contributed by atoms with Crippen molar-refractivity contribution in [3.05, 3.63) is 81.9 Å². The molecule has 4 nitrogen and oxygen atoms in total. The maximum absolute atomic E-state index is 13.3. The minimum atomic E-state index is -0.147. The van der Waals surface area contributed by atoms with E-state index in [9.17, 15) is 14.7 Å². The van der Waals surface area contributed by atoms with Gasteiger partial charge in [0.2, 0.25) is 5.78 Å². The highest BCUT2D eigenvalue weighted by molar-refractivity contribution is 6.09. The maximum Gasteiger partial charge on any atom is 0.211 e. The van der Waals surface area contributed by atoms with Crippen molar-refractivity contribution < 1.29 is 14.7 Å². The molecule has 1 aliphatic rings. The van der Waals surface area contributed by atoms with Crippen LogP contribution in [0.3, 0.4) is 0 Å². The number of aryl methyl sites for hydroxylation is 1. The lowest BCUT2D eigenvalue weighted by Crippen LogP contribution is -2.29. The summed E-state index contributed by atoms with van der Waals surface area (Å²) >= 11 is 0. The number of aliphatic hydroxyl groups is 1. The molecule has 0 bridgehead atoms. The Labute approximate surface area is 184 Å². The molecule has 0 amide bonds. The van der Waals surface area contributed by atoms with Crippen LogP contribution in [0, 0.1) is 6.92 Å². The third-order valence-corrected chi connectivity index (χ3v) is 6.28. The molecule has 3 rings (SSSR count). The fourth-order valence-electron chi connectivity index (χ4n) is 4.05. The molecule has 1 aromatic carbocycles. The van der Waals surface area contributed by atoms with Crippen molar-refractivity contribution in [2.45, 2.75) is 65.2 Å². The van der Waals surface area contributed by atoms with Gasteiger partial charge in [0, 0.05) is 35.4 Å².